The second-order valence-electron chi connectivity index (χ2n) is 6.31. The second-order valence-corrected chi connectivity index (χ2v) is 6.31. The fraction of sp³-hybridized carbons (Fsp3) is 0.150. The number of pyridine rings is 1. The molecule has 2 aromatic carbocycles. The van der Waals surface area contributed by atoms with Crippen molar-refractivity contribution in [3.8, 4) is 0 Å². The Morgan fingerprint density at radius 2 is 1.76 bits per heavy atom. The van der Waals surface area contributed by atoms with Crippen LogP contribution in [0.1, 0.15) is 35.8 Å². The Kier molecular flexibility index (Phi) is 3.69. The Morgan fingerprint density at radius 3 is 2.56 bits per heavy atom. The summed E-state index contributed by atoms with van der Waals surface area (Å²) in [7, 11) is 0. The normalized spacial score (nSPS) is 11.3. The zero-order valence-electron chi connectivity index (χ0n) is 14.1. The zero-order valence-corrected chi connectivity index (χ0v) is 14.1. The van der Waals surface area contributed by atoms with E-state index in [1.807, 2.05) is 54.6 Å². The first kappa shape index (κ1) is 15.3. The van der Waals surface area contributed by atoms with Gasteiger partial charge in [-0.15, -0.1) is 0 Å². The second kappa shape index (κ2) is 6.02. The van der Waals surface area contributed by atoms with Crippen LogP contribution in [0.2, 0.25) is 0 Å². The van der Waals surface area contributed by atoms with Gasteiger partial charge < -0.3 is 0 Å². The Bertz CT molecular complexity index is 1080. The monoisotopic (exact) mass is 330 g/mol. The summed E-state index contributed by atoms with van der Waals surface area (Å²) < 4.78 is 1.65. The highest BCUT2D eigenvalue weighted by molar-refractivity contribution is 6.10. The minimum absolute atomic E-state index is 0.177. The molecule has 1 amide bonds. The molecule has 0 saturated heterocycles. The van der Waals surface area contributed by atoms with E-state index < -0.39 is 0 Å². The number of hydrogen-bond acceptors (Lipinski definition) is 3. The number of benzene rings is 2. The third kappa shape index (κ3) is 2.74. The van der Waals surface area contributed by atoms with Crippen molar-refractivity contribution in [2.45, 2.75) is 19.8 Å². The number of rotatable bonds is 3. The number of nitrogens with one attached hydrogen (secondary N) is 1. The first-order valence-electron chi connectivity index (χ1n) is 8.26. The lowest BCUT2D eigenvalue weighted by Crippen LogP contribution is -2.22. The van der Waals surface area contributed by atoms with Gasteiger partial charge in [0.05, 0.1) is 22.1 Å². The number of fused-ring (bicyclic) bond motifs is 2. The van der Waals surface area contributed by atoms with Crippen LogP contribution in [0, 0.1) is 0 Å². The maximum Gasteiger partial charge on any atom is 0.270 e. The van der Waals surface area contributed by atoms with Crippen molar-refractivity contribution in [1.82, 2.24) is 14.6 Å². The number of aromatic nitrogens is 3. The summed E-state index contributed by atoms with van der Waals surface area (Å²) in [6.45, 7) is 4.14. The summed E-state index contributed by atoms with van der Waals surface area (Å²) in [4.78, 5) is 21.9. The van der Waals surface area contributed by atoms with E-state index in [1.54, 1.807) is 11.0 Å². The molecule has 4 aromatic rings. The third-order valence-corrected chi connectivity index (χ3v) is 4.25. The van der Waals surface area contributed by atoms with Crippen LogP contribution in [0.25, 0.3) is 21.9 Å². The molecule has 0 aliphatic carbocycles. The van der Waals surface area contributed by atoms with E-state index in [-0.39, 0.29) is 11.8 Å². The molecule has 0 bridgehead atoms. The molecule has 2 aromatic heterocycles. The summed E-state index contributed by atoms with van der Waals surface area (Å²) in [5.74, 6) is 0.0638. The minimum Gasteiger partial charge on any atom is -0.267 e. The van der Waals surface area contributed by atoms with E-state index in [4.69, 9.17) is 0 Å². The number of amides is 1. The Hall–Kier alpha value is -3.21. The standard InChI is InChI=1S/C20H18N4O/c1-13(2)18-11-15(14-7-3-4-8-16(14)22-18)20(25)23-24-12-21-17-9-5-6-10-19(17)24/h3-13H,1-2H3,(H,23,25). The van der Waals surface area contributed by atoms with E-state index in [1.165, 1.54) is 0 Å². The fourth-order valence-corrected chi connectivity index (χ4v) is 2.90. The quantitative estimate of drug-likeness (QED) is 0.615. The van der Waals surface area contributed by atoms with Crippen molar-refractivity contribution in [3.05, 3.63) is 72.2 Å². The van der Waals surface area contributed by atoms with Gasteiger partial charge in [-0.05, 0) is 30.2 Å². The van der Waals surface area contributed by atoms with Crippen molar-refractivity contribution < 1.29 is 4.79 Å². The molecule has 0 atom stereocenters. The lowest BCUT2D eigenvalue weighted by atomic mass is 10.0. The van der Waals surface area contributed by atoms with Gasteiger partial charge in [-0.1, -0.05) is 44.2 Å². The van der Waals surface area contributed by atoms with Crippen LogP contribution in [0.4, 0.5) is 0 Å². The first-order valence-corrected chi connectivity index (χ1v) is 8.26. The highest BCUT2D eigenvalue weighted by Gasteiger charge is 2.15. The average Bonchev–Trinajstić information content (AvgIpc) is 3.03. The molecule has 0 spiro atoms. The van der Waals surface area contributed by atoms with Crippen LogP contribution in [-0.2, 0) is 0 Å². The van der Waals surface area contributed by atoms with Gasteiger partial charge in [0.25, 0.3) is 5.91 Å². The predicted octanol–water partition coefficient (Wildman–Crippen LogP) is 4.09. The van der Waals surface area contributed by atoms with Crippen molar-refractivity contribution >= 4 is 27.8 Å². The summed E-state index contributed by atoms with van der Waals surface area (Å²) in [5, 5.41) is 0.842. The molecular formula is C20H18N4O. The van der Waals surface area contributed by atoms with Crippen molar-refractivity contribution in [2.75, 3.05) is 5.43 Å². The van der Waals surface area contributed by atoms with E-state index in [0.29, 0.717) is 5.56 Å². The largest absolute Gasteiger partial charge is 0.270 e. The predicted molar refractivity (Wildman–Crippen MR) is 99.3 cm³/mol. The maximum absolute atomic E-state index is 13.0. The van der Waals surface area contributed by atoms with Crippen molar-refractivity contribution in [2.24, 2.45) is 0 Å². The van der Waals surface area contributed by atoms with Crippen LogP contribution in [0.15, 0.2) is 60.9 Å². The third-order valence-electron chi connectivity index (χ3n) is 4.25. The van der Waals surface area contributed by atoms with Gasteiger partial charge in [-0.2, -0.15) is 0 Å². The van der Waals surface area contributed by atoms with E-state index in [9.17, 15) is 4.79 Å². The molecule has 0 fully saturated rings. The maximum atomic E-state index is 13.0. The molecule has 4 rings (SSSR count). The number of imidazole rings is 1. The number of carbonyl (C=O) groups excluding carboxylic acids is 1. The Morgan fingerprint density at radius 1 is 1.04 bits per heavy atom. The summed E-state index contributed by atoms with van der Waals surface area (Å²) in [6, 6.07) is 17.3. The van der Waals surface area contributed by atoms with Gasteiger partial charge >= 0.3 is 0 Å². The Labute approximate surface area is 145 Å². The molecule has 0 radical (unpaired) electrons. The van der Waals surface area contributed by atoms with E-state index >= 15 is 0 Å². The van der Waals surface area contributed by atoms with Crippen molar-refractivity contribution in [1.29, 1.82) is 0 Å². The summed E-state index contributed by atoms with van der Waals surface area (Å²) >= 11 is 0. The number of nitrogens with zero attached hydrogens (tertiary/aromatic N) is 3. The molecule has 0 unspecified atom stereocenters. The molecule has 0 saturated carbocycles. The summed E-state index contributed by atoms with van der Waals surface area (Å²) in [5.41, 5.74) is 6.97. The molecule has 5 nitrogen and oxygen atoms in total. The molecule has 1 N–H and O–H groups in total. The highest BCUT2D eigenvalue weighted by atomic mass is 16.2. The molecule has 5 heteroatoms. The van der Waals surface area contributed by atoms with Crippen LogP contribution in [-0.4, -0.2) is 20.6 Å². The van der Waals surface area contributed by atoms with Crippen LogP contribution < -0.4 is 5.43 Å². The zero-order chi connectivity index (χ0) is 17.4. The number of carbonyl (C=O) groups is 1. The first-order chi connectivity index (χ1) is 12.1. The van der Waals surface area contributed by atoms with Crippen molar-refractivity contribution in [3.63, 3.8) is 0 Å². The minimum atomic E-state index is -0.177. The molecule has 124 valence electrons. The summed E-state index contributed by atoms with van der Waals surface area (Å²) in [6.07, 6.45) is 1.62. The highest BCUT2D eigenvalue weighted by Crippen LogP contribution is 2.23. The van der Waals surface area contributed by atoms with Crippen LogP contribution >= 0.6 is 0 Å². The SMILES string of the molecule is CC(C)c1cc(C(=O)Nn2cnc3ccccc32)c2ccccc2n1. The van der Waals surface area contributed by atoms with Gasteiger partial charge in [-0.3, -0.25) is 15.2 Å². The van der Waals surface area contributed by atoms with E-state index in [0.717, 1.165) is 27.6 Å². The fourth-order valence-electron chi connectivity index (χ4n) is 2.90. The molecule has 0 aliphatic rings. The van der Waals surface area contributed by atoms with Gasteiger partial charge in [0.15, 0.2) is 0 Å². The number of hydrogen-bond donors (Lipinski definition) is 1. The molecule has 25 heavy (non-hydrogen) atoms. The average molecular weight is 330 g/mol. The molecular weight excluding hydrogens is 312 g/mol. The Balaban J connectivity index is 1.79. The van der Waals surface area contributed by atoms with E-state index in [2.05, 4.69) is 29.2 Å². The lowest BCUT2D eigenvalue weighted by molar-refractivity contribution is 0.101. The topological polar surface area (TPSA) is 59.8 Å². The van der Waals surface area contributed by atoms with Gasteiger partial charge in [-0.25, -0.2) is 9.66 Å². The van der Waals surface area contributed by atoms with Crippen LogP contribution in [0.5, 0.6) is 0 Å². The number of para-hydroxylation sites is 3. The van der Waals surface area contributed by atoms with Gasteiger partial charge in [0.1, 0.15) is 6.33 Å². The van der Waals surface area contributed by atoms with Crippen LogP contribution in [0.3, 0.4) is 0 Å². The lowest BCUT2D eigenvalue weighted by Gasteiger charge is -2.12. The van der Waals surface area contributed by atoms with Gasteiger partial charge in [0.2, 0.25) is 0 Å². The van der Waals surface area contributed by atoms with Gasteiger partial charge in [0, 0.05) is 11.1 Å². The molecule has 0 aliphatic heterocycles. The smallest absolute Gasteiger partial charge is 0.267 e. The molecule has 2 heterocycles.